The number of pyridine rings is 1. The number of aromatic nitrogens is 3. The first-order valence-electron chi connectivity index (χ1n) is 21.8. The van der Waals surface area contributed by atoms with Gasteiger partial charge < -0.3 is 0 Å². The third-order valence-electron chi connectivity index (χ3n) is 13.1. The molecule has 1 aliphatic heterocycles. The average molecular weight is 832 g/mol. The fraction of sp³-hybridized carbons (Fsp3) is 0.0167. The van der Waals surface area contributed by atoms with E-state index in [0.717, 1.165) is 61.2 Å². The highest BCUT2D eigenvalue weighted by Crippen LogP contribution is 2.64. The van der Waals surface area contributed by atoms with Crippen molar-refractivity contribution in [2.24, 2.45) is 0 Å². The molecule has 64 heavy (non-hydrogen) atoms. The van der Waals surface area contributed by atoms with Gasteiger partial charge >= 0.3 is 0 Å². The Morgan fingerprint density at radius 3 is 1.56 bits per heavy atom. The van der Waals surface area contributed by atoms with E-state index in [2.05, 4.69) is 200 Å². The van der Waals surface area contributed by atoms with E-state index in [9.17, 15) is 0 Å². The molecule has 0 saturated heterocycles. The topological polar surface area (TPSA) is 38.7 Å². The van der Waals surface area contributed by atoms with Crippen LogP contribution in [0.25, 0.3) is 89.1 Å². The Hall–Kier alpha value is -7.92. The fourth-order valence-electron chi connectivity index (χ4n) is 10.3. The van der Waals surface area contributed by atoms with E-state index in [1.165, 1.54) is 54.1 Å². The lowest BCUT2D eigenvalue weighted by atomic mass is 9.67. The lowest BCUT2D eigenvalue weighted by molar-refractivity contribution is 0.723. The first-order valence-corrected chi connectivity index (χ1v) is 22.6. The van der Waals surface area contributed by atoms with Crippen LogP contribution in [0.2, 0.25) is 0 Å². The van der Waals surface area contributed by atoms with Gasteiger partial charge in [0.25, 0.3) is 0 Å². The Kier molecular flexibility index (Phi) is 8.37. The van der Waals surface area contributed by atoms with E-state index >= 15 is 0 Å². The summed E-state index contributed by atoms with van der Waals surface area (Å²) < 4.78 is 0. The van der Waals surface area contributed by atoms with Crippen LogP contribution in [-0.2, 0) is 5.41 Å². The summed E-state index contributed by atoms with van der Waals surface area (Å²) in [6.07, 6.45) is 0. The second-order valence-electron chi connectivity index (χ2n) is 16.6. The quantitative estimate of drug-likeness (QED) is 0.162. The van der Waals surface area contributed by atoms with Crippen molar-refractivity contribution in [3.63, 3.8) is 0 Å². The predicted octanol–water partition coefficient (Wildman–Crippen LogP) is 15.3. The van der Waals surface area contributed by atoms with Gasteiger partial charge in [-0.2, -0.15) is 0 Å². The summed E-state index contributed by atoms with van der Waals surface area (Å²) in [6, 6.07) is 81.0. The monoisotopic (exact) mass is 831 g/mol. The average Bonchev–Trinajstić information content (AvgIpc) is 3.66. The van der Waals surface area contributed by atoms with Crippen molar-refractivity contribution < 1.29 is 0 Å². The van der Waals surface area contributed by atoms with Gasteiger partial charge in [-0.1, -0.05) is 200 Å². The first-order chi connectivity index (χ1) is 31.7. The van der Waals surface area contributed by atoms with Crippen LogP contribution in [0.15, 0.2) is 234 Å². The Balaban J connectivity index is 1.07. The molecule has 11 aromatic rings. The molecule has 0 bridgehead atoms. The number of hydrogen-bond donors (Lipinski definition) is 0. The summed E-state index contributed by atoms with van der Waals surface area (Å²) in [5.41, 5.74) is 17.5. The molecule has 0 N–H and O–H groups in total. The number of fused-ring (bicyclic) bond motifs is 12. The Labute approximate surface area is 375 Å². The van der Waals surface area contributed by atoms with Crippen molar-refractivity contribution in [1.82, 2.24) is 15.0 Å². The van der Waals surface area contributed by atoms with Crippen molar-refractivity contribution >= 4 is 33.4 Å². The molecule has 0 atom stereocenters. The smallest absolute Gasteiger partial charge is 0.160 e. The molecule has 9 aromatic carbocycles. The molecule has 298 valence electrons. The van der Waals surface area contributed by atoms with Crippen LogP contribution in [0.1, 0.15) is 22.3 Å². The highest BCUT2D eigenvalue weighted by molar-refractivity contribution is 7.99. The first kappa shape index (κ1) is 36.7. The van der Waals surface area contributed by atoms with Gasteiger partial charge in [0.15, 0.2) is 5.82 Å². The van der Waals surface area contributed by atoms with Gasteiger partial charge in [0.1, 0.15) is 0 Å². The molecule has 0 unspecified atom stereocenters. The summed E-state index contributed by atoms with van der Waals surface area (Å²) in [6.45, 7) is 0. The lowest BCUT2D eigenvalue weighted by Gasteiger charge is -2.39. The molecule has 4 heteroatoms. The van der Waals surface area contributed by atoms with Crippen molar-refractivity contribution in [2.75, 3.05) is 0 Å². The molecule has 2 aromatic heterocycles. The van der Waals surface area contributed by atoms with Gasteiger partial charge in [0.05, 0.1) is 28.0 Å². The summed E-state index contributed by atoms with van der Waals surface area (Å²) >= 11 is 1.88. The predicted molar refractivity (Wildman–Crippen MR) is 263 cm³/mol. The minimum Gasteiger partial charge on any atom is -0.247 e. The zero-order valence-electron chi connectivity index (χ0n) is 34.6. The molecular weight excluding hydrogens is 795 g/mol. The Bertz CT molecular complexity index is 3520. The maximum absolute atomic E-state index is 5.39. The van der Waals surface area contributed by atoms with Crippen LogP contribution in [0.4, 0.5) is 0 Å². The lowest BCUT2D eigenvalue weighted by Crippen LogP contribution is -2.32. The second-order valence-corrected chi connectivity index (χ2v) is 17.7. The SMILES string of the molecule is c1ccc(-c2cc(-c3ccc(-c4cccc5c4-c4cc6c(-c7ccccc7)nc7ccccc7c6cc4C54c5ccccc5Sc5ccccc54)cc3)nc(-c3ccccc3)n2)cc1. The van der Waals surface area contributed by atoms with Gasteiger partial charge in [0.2, 0.25) is 0 Å². The number of rotatable bonds is 5. The van der Waals surface area contributed by atoms with Gasteiger partial charge in [-0.3, -0.25) is 0 Å². The van der Waals surface area contributed by atoms with Gasteiger partial charge in [0, 0.05) is 42.8 Å². The van der Waals surface area contributed by atoms with E-state index in [-0.39, 0.29) is 0 Å². The van der Waals surface area contributed by atoms with Crippen LogP contribution < -0.4 is 0 Å². The van der Waals surface area contributed by atoms with Crippen LogP contribution in [0.3, 0.4) is 0 Å². The number of benzene rings is 9. The van der Waals surface area contributed by atoms with Crippen molar-refractivity contribution in [3.8, 4) is 67.4 Å². The van der Waals surface area contributed by atoms with Crippen molar-refractivity contribution in [1.29, 1.82) is 0 Å². The summed E-state index contributed by atoms with van der Waals surface area (Å²) in [5, 5.41) is 3.52. The summed E-state index contributed by atoms with van der Waals surface area (Å²) in [4.78, 5) is 18.2. The molecule has 1 aliphatic carbocycles. The van der Waals surface area contributed by atoms with E-state index in [1.54, 1.807) is 0 Å². The summed E-state index contributed by atoms with van der Waals surface area (Å²) in [7, 11) is 0. The molecule has 3 nitrogen and oxygen atoms in total. The minimum atomic E-state index is -0.548. The zero-order chi connectivity index (χ0) is 42.2. The van der Waals surface area contributed by atoms with Gasteiger partial charge in [-0.25, -0.2) is 15.0 Å². The molecule has 2 aliphatic rings. The molecule has 0 saturated carbocycles. The Morgan fingerprint density at radius 2 is 0.875 bits per heavy atom. The molecule has 1 spiro atoms. The van der Waals surface area contributed by atoms with Crippen molar-refractivity contribution in [3.05, 3.63) is 247 Å². The normalized spacial score (nSPS) is 13.1. The summed E-state index contributed by atoms with van der Waals surface area (Å²) in [5.74, 6) is 0.708. The highest BCUT2D eigenvalue weighted by atomic mass is 32.2. The van der Waals surface area contributed by atoms with E-state index < -0.39 is 5.41 Å². The van der Waals surface area contributed by atoms with Gasteiger partial charge in [-0.15, -0.1) is 0 Å². The molecule has 0 fully saturated rings. The maximum Gasteiger partial charge on any atom is 0.160 e. The highest BCUT2D eigenvalue weighted by Gasteiger charge is 2.51. The van der Waals surface area contributed by atoms with Gasteiger partial charge in [-0.05, 0) is 86.3 Å². The molecule has 0 radical (unpaired) electrons. The number of para-hydroxylation sites is 1. The zero-order valence-corrected chi connectivity index (χ0v) is 35.4. The fourth-order valence-corrected chi connectivity index (χ4v) is 11.5. The minimum absolute atomic E-state index is 0.548. The maximum atomic E-state index is 5.39. The van der Waals surface area contributed by atoms with Crippen LogP contribution in [0, 0.1) is 0 Å². The Morgan fingerprint density at radius 1 is 0.328 bits per heavy atom. The standard InChI is InChI=1S/C60H37N3S/c1-4-17-39(18-5-1)53-37-54(63-59(62-53)42-21-8-3-9-22-42)40-33-31-38(32-34-40)43-24-16-27-50-57(43)47-35-46-45(44-23-10-13-28-52(44)61-58(46)41-19-6-2-7-20-41)36-51(47)60(50)48-25-11-14-29-55(48)64-56-30-15-12-26-49(56)60/h1-37H. The number of nitrogens with zero attached hydrogens (tertiary/aromatic N) is 3. The molecule has 0 amide bonds. The number of hydrogen-bond acceptors (Lipinski definition) is 4. The third-order valence-corrected chi connectivity index (χ3v) is 14.3. The molecule has 3 heterocycles. The largest absolute Gasteiger partial charge is 0.247 e. The molecule has 13 rings (SSSR count). The van der Waals surface area contributed by atoms with Crippen LogP contribution >= 0.6 is 11.8 Å². The van der Waals surface area contributed by atoms with E-state index in [0.29, 0.717) is 5.82 Å². The van der Waals surface area contributed by atoms with E-state index in [4.69, 9.17) is 15.0 Å². The molecular formula is C60H37N3S. The third kappa shape index (κ3) is 5.59. The van der Waals surface area contributed by atoms with E-state index in [1.807, 2.05) is 36.0 Å². The second kappa shape index (κ2) is 14.6. The van der Waals surface area contributed by atoms with Crippen LogP contribution in [-0.4, -0.2) is 15.0 Å². The van der Waals surface area contributed by atoms with Crippen LogP contribution in [0.5, 0.6) is 0 Å². The van der Waals surface area contributed by atoms with Crippen molar-refractivity contribution in [2.45, 2.75) is 15.2 Å².